The van der Waals surface area contributed by atoms with Crippen LogP contribution in [0.4, 0.5) is 5.69 Å². The summed E-state index contributed by atoms with van der Waals surface area (Å²) in [5, 5.41) is 2.60. The molecule has 0 radical (unpaired) electrons. The summed E-state index contributed by atoms with van der Waals surface area (Å²) in [5.74, 6) is -0.425. The number of hydrogen-bond acceptors (Lipinski definition) is 5. The molecule has 2 amide bonds. The molecule has 1 heterocycles. The Morgan fingerprint density at radius 1 is 1.33 bits per heavy atom. The van der Waals surface area contributed by atoms with Gasteiger partial charge in [0.2, 0.25) is 21.8 Å². The molecule has 1 atom stereocenters. The number of methoxy groups -OCH3 is 1. The highest BCUT2D eigenvalue weighted by atomic mass is 32.2. The first-order chi connectivity index (χ1) is 9.82. The standard InChI is InChI=1S/C13H16N2O5S/c1-20-10-5-3-9(4-6-10)14-13(17)11-7-8-12(16)15(11)21(2,18)19/h3-6,11H,7-8H2,1-2H3,(H,14,17). The van der Waals surface area contributed by atoms with Gasteiger partial charge in [0, 0.05) is 12.1 Å². The molecule has 1 N–H and O–H groups in total. The van der Waals surface area contributed by atoms with Crippen molar-refractivity contribution in [3.05, 3.63) is 24.3 Å². The molecule has 1 aliphatic rings. The molecular weight excluding hydrogens is 296 g/mol. The van der Waals surface area contributed by atoms with Crippen LogP contribution < -0.4 is 10.1 Å². The van der Waals surface area contributed by atoms with Crippen LogP contribution >= 0.6 is 0 Å². The lowest BCUT2D eigenvalue weighted by molar-refractivity contribution is -0.128. The Hall–Kier alpha value is -2.09. The number of rotatable bonds is 4. The van der Waals surface area contributed by atoms with E-state index in [9.17, 15) is 18.0 Å². The van der Waals surface area contributed by atoms with E-state index >= 15 is 0 Å². The number of anilines is 1. The number of amides is 2. The van der Waals surface area contributed by atoms with Crippen LogP contribution in [0.25, 0.3) is 0 Å². The van der Waals surface area contributed by atoms with E-state index in [0.29, 0.717) is 15.7 Å². The molecule has 0 spiro atoms. The topological polar surface area (TPSA) is 92.8 Å². The number of hydrogen-bond donors (Lipinski definition) is 1. The molecule has 1 fully saturated rings. The van der Waals surface area contributed by atoms with Crippen molar-refractivity contribution in [2.45, 2.75) is 18.9 Å². The quantitative estimate of drug-likeness (QED) is 0.878. The summed E-state index contributed by atoms with van der Waals surface area (Å²) >= 11 is 0. The molecule has 1 saturated heterocycles. The van der Waals surface area contributed by atoms with E-state index in [1.54, 1.807) is 24.3 Å². The Morgan fingerprint density at radius 3 is 2.48 bits per heavy atom. The largest absolute Gasteiger partial charge is 0.497 e. The van der Waals surface area contributed by atoms with E-state index in [1.807, 2.05) is 0 Å². The van der Waals surface area contributed by atoms with E-state index < -0.39 is 27.9 Å². The van der Waals surface area contributed by atoms with Gasteiger partial charge in [0.25, 0.3) is 0 Å². The Bertz CT molecular complexity index is 654. The predicted octanol–water partition coefficient (Wildman–Crippen LogP) is 0.584. The SMILES string of the molecule is COc1ccc(NC(=O)C2CCC(=O)N2S(C)(=O)=O)cc1. The number of nitrogens with zero attached hydrogens (tertiary/aromatic N) is 1. The molecule has 7 nitrogen and oxygen atoms in total. The lowest BCUT2D eigenvalue weighted by Crippen LogP contribution is -2.44. The number of carbonyl (C=O) groups is 2. The normalized spacial score (nSPS) is 18.7. The summed E-state index contributed by atoms with van der Waals surface area (Å²) in [6, 6.07) is 5.62. The first-order valence-corrected chi connectivity index (χ1v) is 8.15. The van der Waals surface area contributed by atoms with Gasteiger partial charge >= 0.3 is 0 Å². The van der Waals surface area contributed by atoms with Crippen molar-refractivity contribution in [3.63, 3.8) is 0 Å². The molecule has 0 aliphatic carbocycles. The van der Waals surface area contributed by atoms with Gasteiger partial charge in [-0.3, -0.25) is 9.59 Å². The maximum absolute atomic E-state index is 12.2. The highest BCUT2D eigenvalue weighted by Gasteiger charge is 2.41. The second kappa shape index (κ2) is 5.72. The fourth-order valence-electron chi connectivity index (χ4n) is 2.22. The molecule has 1 aromatic carbocycles. The van der Waals surface area contributed by atoms with E-state index in [1.165, 1.54) is 7.11 Å². The van der Waals surface area contributed by atoms with Gasteiger partial charge < -0.3 is 10.1 Å². The summed E-state index contributed by atoms with van der Waals surface area (Å²) in [6.45, 7) is 0. The third kappa shape index (κ3) is 3.33. The summed E-state index contributed by atoms with van der Waals surface area (Å²) in [7, 11) is -2.22. The Kier molecular flexibility index (Phi) is 4.17. The molecular formula is C13H16N2O5S. The monoisotopic (exact) mass is 312 g/mol. The highest BCUT2D eigenvalue weighted by Crippen LogP contribution is 2.23. The summed E-state index contributed by atoms with van der Waals surface area (Å²) in [5.41, 5.74) is 0.508. The zero-order chi connectivity index (χ0) is 15.6. The van der Waals surface area contributed by atoms with Gasteiger partial charge in [-0.05, 0) is 30.7 Å². The molecule has 0 bridgehead atoms. The van der Waals surface area contributed by atoms with E-state index in [-0.39, 0.29) is 12.8 Å². The van der Waals surface area contributed by atoms with Crippen LogP contribution in [0, 0.1) is 0 Å². The van der Waals surface area contributed by atoms with Gasteiger partial charge in [0.05, 0.1) is 13.4 Å². The maximum Gasteiger partial charge on any atom is 0.248 e. The number of ether oxygens (including phenoxy) is 1. The van der Waals surface area contributed by atoms with Gasteiger partial charge in [-0.15, -0.1) is 0 Å². The summed E-state index contributed by atoms with van der Waals surface area (Å²) < 4.78 is 28.9. The average molecular weight is 312 g/mol. The van der Waals surface area contributed by atoms with E-state index in [4.69, 9.17) is 4.74 Å². The van der Waals surface area contributed by atoms with E-state index in [2.05, 4.69) is 5.32 Å². The Morgan fingerprint density at radius 2 is 1.95 bits per heavy atom. The summed E-state index contributed by atoms with van der Waals surface area (Å²) in [4.78, 5) is 23.8. The number of carbonyl (C=O) groups excluding carboxylic acids is 2. The first-order valence-electron chi connectivity index (χ1n) is 6.30. The van der Waals surface area contributed by atoms with Crippen LogP contribution in [0.15, 0.2) is 24.3 Å². The van der Waals surface area contributed by atoms with Crippen LogP contribution in [-0.2, 0) is 19.6 Å². The lowest BCUT2D eigenvalue weighted by Gasteiger charge is -2.21. The first kappa shape index (κ1) is 15.3. The van der Waals surface area contributed by atoms with Gasteiger partial charge in [-0.25, -0.2) is 12.7 Å². The van der Waals surface area contributed by atoms with Crippen LogP contribution in [-0.4, -0.2) is 43.9 Å². The van der Waals surface area contributed by atoms with E-state index in [0.717, 1.165) is 6.26 Å². The maximum atomic E-state index is 12.2. The van der Waals surface area contributed by atoms with Crippen molar-refractivity contribution in [1.82, 2.24) is 4.31 Å². The minimum atomic E-state index is -3.75. The van der Waals surface area contributed by atoms with Crippen LogP contribution in [0.3, 0.4) is 0 Å². The third-order valence-electron chi connectivity index (χ3n) is 3.18. The average Bonchev–Trinajstić information content (AvgIpc) is 2.81. The Balaban J connectivity index is 2.14. The molecule has 1 aliphatic heterocycles. The number of sulfonamides is 1. The molecule has 21 heavy (non-hydrogen) atoms. The second-order valence-electron chi connectivity index (χ2n) is 4.72. The van der Waals surface area contributed by atoms with Crippen molar-refractivity contribution < 1.29 is 22.7 Å². The molecule has 8 heteroatoms. The fraction of sp³-hybridized carbons (Fsp3) is 0.385. The van der Waals surface area contributed by atoms with Crippen molar-refractivity contribution in [1.29, 1.82) is 0 Å². The second-order valence-corrected chi connectivity index (χ2v) is 6.58. The van der Waals surface area contributed by atoms with Crippen LogP contribution in [0.1, 0.15) is 12.8 Å². The molecule has 0 aromatic heterocycles. The van der Waals surface area contributed by atoms with Crippen molar-refractivity contribution >= 4 is 27.5 Å². The number of benzene rings is 1. The van der Waals surface area contributed by atoms with Gasteiger partial charge in [0.15, 0.2) is 0 Å². The van der Waals surface area contributed by atoms with Crippen molar-refractivity contribution in [3.8, 4) is 5.75 Å². The lowest BCUT2D eigenvalue weighted by atomic mass is 10.2. The highest BCUT2D eigenvalue weighted by molar-refractivity contribution is 7.89. The minimum absolute atomic E-state index is 0.0494. The van der Waals surface area contributed by atoms with Gasteiger partial charge in [-0.1, -0.05) is 0 Å². The molecule has 114 valence electrons. The smallest absolute Gasteiger partial charge is 0.248 e. The predicted molar refractivity (Wildman–Crippen MR) is 76.3 cm³/mol. The van der Waals surface area contributed by atoms with Gasteiger partial charge in [0.1, 0.15) is 11.8 Å². The van der Waals surface area contributed by atoms with Gasteiger partial charge in [-0.2, -0.15) is 0 Å². The minimum Gasteiger partial charge on any atom is -0.497 e. The molecule has 2 rings (SSSR count). The summed E-state index contributed by atoms with van der Waals surface area (Å²) in [6.07, 6.45) is 1.16. The third-order valence-corrected chi connectivity index (χ3v) is 4.35. The Labute approximate surface area is 122 Å². The fourth-order valence-corrected chi connectivity index (χ4v) is 3.34. The zero-order valence-electron chi connectivity index (χ0n) is 11.7. The van der Waals surface area contributed by atoms with Crippen molar-refractivity contribution in [2.24, 2.45) is 0 Å². The van der Waals surface area contributed by atoms with Crippen molar-refractivity contribution in [2.75, 3.05) is 18.7 Å². The molecule has 0 saturated carbocycles. The molecule has 1 aromatic rings. The molecule has 1 unspecified atom stereocenters. The zero-order valence-corrected chi connectivity index (χ0v) is 12.5. The van der Waals surface area contributed by atoms with Crippen LogP contribution in [0.2, 0.25) is 0 Å². The van der Waals surface area contributed by atoms with Crippen LogP contribution in [0.5, 0.6) is 5.75 Å². The number of nitrogens with one attached hydrogen (secondary N) is 1.